The lowest BCUT2D eigenvalue weighted by molar-refractivity contribution is -0.137. The first-order chi connectivity index (χ1) is 20.5. The van der Waals surface area contributed by atoms with Crippen molar-refractivity contribution in [3.8, 4) is 5.69 Å². The van der Waals surface area contributed by atoms with E-state index in [1.807, 2.05) is 50.2 Å². The topological polar surface area (TPSA) is 87.5 Å². The van der Waals surface area contributed by atoms with Crippen molar-refractivity contribution in [1.29, 1.82) is 0 Å². The van der Waals surface area contributed by atoms with Crippen molar-refractivity contribution in [3.05, 3.63) is 59.3 Å². The maximum atomic E-state index is 14.6. The summed E-state index contributed by atoms with van der Waals surface area (Å²) in [6, 6.07) is 5.86. The molecule has 3 aromatic rings. The SMILES string of the molecule is CCN(C(=O)c1cc(F)ccc1-n1c(C)c(C(=O)[C@H]2CCN(C(=O)[C@@H]3CCC4(CC4)N3)[C@H](C)C2)c2ccncc21)C(C)C. The van der Waals surface area contributed by atoms with Gasteiger partial charge in [-0.3, -0.25) is 19.4 Å². The fourth-order valence-electron chi connectivity index (χ4n) is 7.46. The smallest absolute Gasteiger partial charge is 0.256 e. The standard InChI is InChI=1S/C34H42FN5O3/c1-6-38(20(2)3)32(42)26-18-24(35)7-8-28(26)40-22(5)30(25-10-15-36-19-29(25)40)31(41)23-11-16-39(21(4)17-23)33(43)27-9-12-34(37-27)13-14-34/h7-8,10,15,18-21,23,27,37H,6,9,11-14,16-17H2,1-5H3/t21-,23+,27+/m1/s1. The number of carbonyl (C=O) groups excluding carboxylic acids is 3. The lowest BCUT2D eigenvalue weighted by atomic mass is 9.84. The minimum absolute atomic E-state index is 0.0367. The Labute approximate surface area is 252 Å². The van der Waals surface area contributed by atoms with Crippen LogP contribution in [0.25, 0.3) is 16.6 Å². The van der Waals surface area contributed by atoms with Crippen LogP contribution in [0.4, 0.5) is 4.39 Å². The van der Waals surface area contributed by atoms with Gasteiger partial charge in [0.05, 0.1) is 29.0 Å². The summed E-state index contributed by atoms with van der Waals surface area (Å²) in [5.41, 5.74) is 2.95. The molecule has 0 unspecified atom stereocenters. The van der Waals surface area contributed by atoms with Gasteiger partial charge in [-0.25, -0.2) is 4.39 Å². The van der Waals surface area contributed by atoms with Gasteiger partial charge >= 0.3 is 0 Å². The number of benzene rings is 1. The number of carbonyl (C=O) groups is 3. The van der Waals surface area contributed by atoms with Gasteiger partial charge in [-0.05, 0) is 97.4 Å². The average Bonchev–Trinajstić information content (AvgIpc) is 3.51. The van der Waals surface area contributed by atoms with Crippen LogP contribution in [0.5, 0.6) is 0 Å². The number of fused-ring (bicyclic) bond motifs is 1. The van der Waals surface area contributed by atoms with E-state index in [4.69, 9.17) is 0 Å². The Hall–Kier alpha value is -3.59. The Morgan fingerprint density at radius 1 is 1.16 bits per heavy atom. The van der Waals surface area contributed by atoms with Crippen LogP contribution in [0.15, 0.2) is 36.7 Å². The van der Waals surface area contributed by atoms with Crippen LogP contribution in [0, 0.1) is 18.7 Å². The number of halogens is 1. The maximum Gasteiger partial charge on any atom is 0.256 e. The Kier molecular flexibility index (Phi) is 7.65. The van der Waals surface area contributed by atoms with Crippen molar-refractivity contribution in [1.82, 2.24) is 24.7 Å². The van der Waals surface area contributed by atoms with Crippen LogP contribution in [-0.2, 0) is 4.79 Å². The number of hydrogen-bond donors (Lipinski definition) is 1. The van der Waals surface area contributed by atoms with Crippen LogP contribution in [-0.4, -0.2) is 73.7 Å². The highest BCUT2D eigenvalue weighted by Gasteiger charge is 2.50. The van der Waals surface area contributed by atoms with Crippen molar-refractivity contribution >= 4 is 28.5 Å². The van der Waals surface area contributed by atoms with Gasteiger partial charge in [0.2, 0.25) is 5.91 Å². The first-order valence-electron chi connectivity index (χ1n) is 15.7. The molecule has 228 valence electrons. The van der Waals surface area contributed by atoms with Gasteiger partial charge in [0.15, 0.2) is 5.78 Å². The second kappa shape index (κ2) is 11.2. The van der Waals surface area contributed by atoms with E-state index in [1.165, 1.54) is 12.1 Å². The van der Waals surface area contributed by atoms with E-state index in [9.17, 15) is 18.8 Å². The molecule has 1 N–H and O–H groups in total. The molecule has 1 aromatic carbocycles. The van der Waals surface area contributed by atoms with E-state index >= 15 is 0 Å². The molecule has 3 atom stereocenters. The number of nitrogens with zero attached hydrogens (tertiary/aromatic N) is 4. The Morgan fingerprint density at radius 2 is 1.93 bits per heavy atom. The number of nitrogens with one attached hydrogen (secondary N) is 1. The zero-order valence-corrected chi connectivity index (χ0v) is 25.8. The second-order valence-corrected chi connectivity index (χ2v) is 13.0. The number of hydrogen-bond acceptors (Lipinski definition) is 5. The highest BCUT2D eigenvalue weighted by atomic mass is 19.1. The highest BCUT2D eigenvalue weighted by molar-refractivity contribution is 6.11. The fourth-order valence-corrected chi connectivity index (χ4v) is 7.46. The van der Waals surface area contributed by atoms with Crippen LogP contribution < -0.4 is 5.32 Å². The quantitative estimate of drug-likeness (QED) is 0.372. The maximum absolute atomic E-state index is 14.6. The molecule has 3 aliphatic rings. The van der Waals surface area contributed by atoms with Crippen molar-refractivity contribution in [2.24, 2.45) is 5.92 Å². The van der Waals surface area contributed by atoms with Crippen molar-refractivity contribution in [3.63, 3.8) is 0 Å². The summed E-state index contributed by atoms with van der Waals surface area (Å²) < 4.78 is 16.4. The first-order valence-corrected chi connectivity index (χ1v) is 15.7. The van der Waals surface area contributed by atoms with Crippen LogP contribution in [0.3, 0.4) is 0 Å². The zero-order chi connectivity index (χ0) is 30.6. The molecule has 8 nitrogen and oxygen atoms in total. The molecule has 2 aliphatic heterocycles. The molecule has 0 radical (unpaired) electrons. The lowest BCUT2D eigenvalue weighted by Gasteiger charge is -2.38. The largest absolute Gasteiger partial charge is 0.339 e. The van der Waals surface area contributed by atoms with E-state index < -0.39 is 5.82 Å². The van der Waals surface area contributed by atoms with Gasteiger partial charge < -0.3 is 19.7 Å². The molecule has 4 heterocycles. The minimum atomic E-state index is -0.495. The number of amides is 2. The van der Waals surface area contributed by atoms with Crippen molar-refractivity contribution in [2.45, 2.75) is 96.8 Å². The van der Waals surface area contributed by atoms with Crippen molar-refractivity contribution in [2.75, 3.05) is 13.1 Å². The highest BCUT2D eigenvalue weighted by Crippen LogP contribution is 2.45. The van der Waals surface area contributed by atoms with E-state index in [1.54, 1.807) is 23.4 Å². The molecule has 9 heteroatoms. The summed E-state index contributed by atoms with van der Waals surface area (Å²) >= 11 is 0. The van der Waals surface area contributed by atoms with E-state index in [-0.39, 0.29) is 52.7 Å². The molecular formula is C34H42FN5O3. The summed E-state index contributed by atoms with van der Waals surface area (Å²) in [6.07, 6.45) is 8.84. The van der Waals surface area contributed by atoms with Gasteiger partial charge in [-0.1, -0.05) is 0 Å². The lowest BCUT2D eigenvalue weighted by Crippen LogP contribution is -2.52. The van der Waals surface area contributed by atoms with Crippen LogP contribution in [0.2, 0.25) is 0 Å². The summed E-state index contributed by atoms with van der Waals surface area (Å²) in [5.74, 6) is -0.792. The monoisotopic (exact) mass is 587 g/mol. The number of piperidine rings is 1. The molecule has 43 heavy (non-hydrogen) atoms. The first kappa shape index (κ1) is 29.5. The molecule has 1 saturated carbocycles. The van der Waals surface area contributed by atoms with E-state index in [0.717, 1.165) is 31.1 Å². The molecular weight excluding hydrogens is 545 g/mol. The third kappa shape index (κ3) is 5.15. The number of ketones is 1. The number of aromatic nitrogens is 2. The minimum Gasteiger partial charge on any atom is -0.339 e. The number of pyridine rings is 1. The molecule has 2 aromatic heterocycles. The number of Topliss-reactive ketones (excluding diaryl/α,β-unsaturated/α-hetero) is 1. The van der Waals surface area contributed by atoms with E-state index in [2.05, 4.69) is 10.3 Å². The molecule has 6 rings (SSSR count). The Bertz CT molecular complexity index is 1590. The normalized spacial score (nSPS) is 22.9. The molecule has 3 fully saturated rings. The Balaban J connectivity index is 1.32. The van der Waals surface area contributed by atoms with Crippen LogP contribution >= 0.6 is 0 Å². The van der Waals surface area contributed by atoms with Gasteiger partial charge in [0.1, 0.15) is 5.82 Å². The van der Waals surface area contributed by atoms with E-state index in [0.29, 0.717) is 48.4 Å². The number of rotatable bonds is 7. The second-order valence-electron chi connectivity index (χ2n) is 13.0. The molecule has 2 amide bonds. The average molecular weight is 588 g/mol. The third-order valence-corrected chi connectivity index (χ3v) is 9.98. The van der Waals surface area contributed by atoms with Gasteiger partial charge in [0, 0.05) is 59.5 Å². The van der Waals surface area contributed by atoms with Gasteiger partial charge in [-0.2, -0.15) is 0 Å². The molecule has 2 saturated heterocycles. The summed E-state index contributed by atoms with van der Waals surface area (Å²) in [7, 11) is 0. The van der Waals surface area contributed by atoms with Gasteiger partial charge in [-0.15, -0.1) is 0 Å². The molecule has 1 aliphatic carbocycles. The van der Waals surface area contributed by atoms with Crippen molar-refractivity contribution < 1.29 is 18.8 Å². The summed E-state index contributed by atoms with van der Waals surface area (Å²) in [6.45, 7) is 10.7. The van der Waals surface area contributed by atoms with Crippen LogP contribution in [0.1, 0.15) is 92.6 Å². The van der Waals surface area contributed by atoms with Gasteiger partial charge in [0.25, 0.3) is 5.91 Å². The fraction of sp³-hybridized carbons (Fsp3) is 0.529. The molecule has 0 bridgehead atoms. The summed E-state index contributed by atoms with van der Waals surface area (Å²) in [4.78, 5) is 49.4. The predicted octanol–water partition coefficient (Wildman–Crippen LogP) is 5.44. The zero-order valence-electron chi connectivity index (χ0n) is 25.8. The third-order valence-electron chi connectivity index (χ3n) is 9.98. The Morgan fingerprint density at radius 3 is 2.58 bits per heavy atom. The predicted molar refractivity (Wildman–Crippen MR) is 164 cm³/mol. The number of likely N-dealkylation sites (tertiary alicyclic amines) is 1. The molecule has 1 spiro atoms. The summed E-state index contributed by atoms with van der Waals surface area (Å²) in [5, 5.41) is 4.34.